The number of hydrogen-bond donors (Lipinski definition) is 3. The molecule has 4 nitrogen and oxygen atoms in total. The Morgan fingerprint density at radius 2 is 2.15 bits per heavy atom. The van der Waals surface area contributed by atoms with Gasteiger partial charge in [0.25, 0.3) is 0 Å². The van der Waals surface area contributed by atoms with E-state index >= 15 is 0 Å². The largest absolute Gasteiger partial charge is 0.479 e. The number of aliphatic hydroxyl groups is 2. The molecule has 0 aromatic heterocycles. The van der Waals surface area contributed by atoms with E-state index in [0.717, 1.165) is 19.3 Å². The van der Waals surface area contributed by atoms with E-state index in [-0.39, 0.29) is 5.92 Å². The molecule has 0 unspecified atom stereocenters. The molecule has 0 heterocycles. The van der Waals surface area contributed by atoms with E-state index < -0.39 is 17.7 Å². The lowest BCUT2D eigenvalue weighted by Gasteiger charge is -2.39. The van der Waals surface area contributed by atoms with Crippen LogP contribution in [0, 0.1) is 5.92 Å². The summed E-state index contributed by atoms with van der Waals surface area (Å²) in [5, 5.41) is 27.9. The maximum absolute atomic E-state index is 10.5. The van der Waals surface area contributed by atoms with Crippen LogP contribution in [0.25, 0.3) is 0 Å². The maximum Gasteiger partial charge on any atom is 0.335 e. The standard InChI is InChI=1S/C9H16O4/c1-6-4-2-3-5-9(6,13)7(10)8(11)12/h6-7,10,13H,2-5H2,1H3,(H,11,12)/t6-,7+,9+/m1/s1. The minimum atomic E-state index is -1.65. The second kappa shape index (κ2) is 3.64. The van der Waals surface area contributed by atoms with E-state index in [1.54, 1.807) is 6.92 Å². The molecule has 76 valence electrons. The first-order valence-corrected chi connectivity index (χ1v) is 4.61. The second-order valence-electron chi connectivity index (χ2n) is 3.88. The van der Waals surface area contributed by atoms with Gasteiger partial charge in [-0.05, 0) is 18.8 Å². The summed E-state index contributed by atoms with van der Waals surface area (Å²) in [6.07, 6.45) is 1.28. The van der Waals surface area contributed by atoms with E-state index in [9.17, 15) is 15.0 Å². The van der Waals surface area contributed by atoms with Gasteiger partial charge in [-0.1, -0.05) is 19.8 Å². The van der Waals surface area contributed by atoms with Crippen molar-refractivity contribution in [2.75, 3.05) is 0 Å². The van der Waals surface area contributed by atoms with E-state index in [1.807, 2.05) is 0 Å². The summed E-state index contributed by atoms with van der Waals surface area (Å²) in [4.78, 5) is 10.5. The molecule has 1 fully saturated rings. The zero-order valence-corrected chi connectivity index (χ0v) is 7.73. The Balaban J connectivity index is 2.77. The van der Waals surface area contributed by atoms with Gasteiger partial charge in [0, 0.05) is 0 Å². The Hall–Kier alpha value is -0.610. The molecule has 0 aliphatic heterocycles. The van der Waals surface area contributed by atoms with Gasteiger partial charge in [-0.3, -0.25) is 0 Å². The number of carbonyl (C=O) groups is 1. The molecule has 1 aliphatic rings. The van der Waals surface area contributed by atoms with Gasteiger partial charge in [-0.15, -0.1) is 0 Å². The first-order valence-electron chi connectivity index (χ1n) is 4.61. The molecule has 3 N–H and O–H groups in total. The minimum Gasteiger partial charge on any atom is -0.479 e. The average Bonchev–Trinajstić information content (AvgIpc) is 2.09. The summed E-state index contributed by atoms with van der Waals surface area (Å²) >= 11 is 0. The fourth-order valence-electron chi connectivity index (χ4n) is 1.98. The summed E-state index contributed by atoms with van der Waals surface area (Å²) in [6.45, 7) is 1.78. The third-order valence-electron chi connectivity index (χ3n) is 3.03. The summed E-state index contributed by atoms with van der Waals surface area (Å²) < 4.78 is 0. The molecule has 4 heteroatoms. The predicted molar refractivity (Wildman–Crippen MR) is 46.2 cm³/mol. The van der Waals surface area contributed by atoms with Crippen LogP contribution in [0.15, 0.2) is 0 Å². The average molecular weight is 188 g/mol. The normalized spacial score (nSPS) is 37.0. The lowest BCUT2D eigenvalue weighted by Crippen LogP contribution is -2.53. The van der Waals surface area contributed by atoms with E-state index in [0.29, 0.717) is 6.42 Å². The molecule has 0 aromatic carbocycles. The number of hydrogen-bond acceptors (Lipinski definition) is 3. The highest BCUT2D eigenvalue weighted by Gasteiger charge is 2.45. The zero-order chi connectivity index (χ0) is 10.1. The summed E-state index contributed by atoms with van der Waals surface area (Å²) in [5.41, 5.74) is -1.43. The topological polar surface area (TPSA) is 77.8 Å². The molecular formula is C9H16O4. The molecule has 13 heavy (non-hydrogen) atoms. The summed E-state index contributed by atoms with van der Waals surface area (Å²) in [5.74, 6) is -1.48. The highest BCUT2D eigenvalue weighted by molar-refractivity contribution is 5.73. The molecule has 1 saturated carbocycles. The van der Waals surface area contributed by atoms with Crippen molar-refractivity contribution in [3.8, 4) is 0 Å². The Morgan fingerprint density at radius 1 is 1.54 bits per heavy atom. The molecule has 0 amide bonds. The first kappa shape index (κ1) is 10.5. The minimum absolute atomic E-state index is 0.146. The van der Waals surface area contributed by atoms with Gasteiger partial charge in [-0.25, -0.2) is 4.79 Å². The van der Waals surface area contributed by atoms with E-state index in [2.05, 4.69) is 0 Å². The van der Waals surface area contributed by atoms with Crippen molar-refractivity contribution in [3.05, 3.63) is 0 Å². The van der Waals surface area contributed by atoms with Gasteiger partial charge in [-0.2, -0.15) is 0 Å². The first-order chi connectivity index (χ1) is 5.98. The van der Waals surface area contributed by atoms with Crippen LogP contribution < -0.4 is 0 Å². The zero-order valence-electron chi connectivity index (χ0n) is 7.73. The smallest absolute Gasteiger partial charge is 0.335 e. The van der Waals surface area contributed by atoms with Crippen molar-refractivity contribution in [1.29, 1.82) is 0 Å². The summed E-state index contributed by atoms with van der Waals surface area (Å²) in [6, 6.07) is 0. The highest BCUT2D eigenvalue weighted by Crippen LogP contribution is 2.36. The van der Waals surface area contributed by atoms with Crippen LogP contribution in [-0.2, 0) is 4.79 Å². The Bertz CT molecular complexity index is 204. The number of aliphatic hydroxyl groups excluding tert-OH is 1. The van der Waals surface area contributed by atoms with Crippen LogP contribution in [0.5, 0.6) is 0 Å². The van der Waals surface area contributed by atoms with Gasteiger partial charge >= 0.3 is 5.97 Å². The van der Waals surface area contributed by atoms with Crippen LogP contribution in [0.3, 0.4) is 0 Å². The molecule has 0 saturated heterocycles. The quantitative estimate of drug-likeness (QED) is 0.585. The Kier molecular flexibility index (Phi) is 2.93. The van der Waals surface area contributed by atoms with Gasteiger partial charge in [0.1, 0.15) is 5.60 Å². The van der Waals surface area contributed by atoms with Crippen molar-refractivity contribution in [2.24, 2.45) is 5.92 Å². The number of carboxylic acid groups (broad SMARTS) is 1. The van der Waals surface area contributed by atoms with Crippen LogP contribution in [0.1, 0.15) is 32.6 Å². The SMILES string of the molecule is C[C@@H]1CCCC[C@@]1(O)[C@@H](O)C(=O)O. The van der Waals surface area contributed by atoms with E-state index in [4.69, 9.17) is 5.11 Å². The van der Waals surface area contributed by atoms with Crippen LogP contribution in [0.2, 0.25) is 0 Å². The lowest BCUT2D eigenvalue weighted by molar-refractivity contribution is -0.175. The fourth-order valence-corrected chi connectivity index (χ4v) is 1.98. The van der Waals surface area contributed by atoms with Crippen LogP contribution in [-0.4, -0.2) is 33.0 Å². The number of rotatable bonds is 2. The number of aliphatic carboxylic acids is 1. The van der Waals surface area contributed by atoms with Crippen molar-refractivity contribution in [1.82, 2.24) is 0 Å². The van der Waals surface area contributed by atoms with Gasteiger partial charge in [0.05, 0.1) is 0 Å². The maximum atomic E-state index is 10.5. The van der Waals surface area contributed by atoms with Crippen molar-refractivity contribution >= 4 is 5.97 Å². The second-order valence-corrected chi connectivity index (χ2v) is 3.88. The highest BCUT2D eigenvalue weighted by atomic mass is 16.4. The van der Waals surface area contributed by atoms with Gasteiger partial charge in [0.15, 0.2) is 6.10 Å². The molecular weight excluding hydrogens is 172 g/mol. The van der Waals surface area contributed by atoms with E-state index in [1.165, 1.54) is 0 Å². The van der Waals surface area contributed by atoms with Crippen LogP contribution >= 0.6 is 0 Å². The van der Waals surface area contributed by atoms with Crippen molar-refractivity contribution in [3.63, 3.8) is 0 Å². The van der Waals surface area contributed by atoms with Gasteiger partial charge in [0.2, 0.25) is 0 Å². The molecule has 0 spiro atoms. The molecule has 1 rings (SSSR count). The third kappa shape index (κ3) is 1.84. The van der Waals surface area contributed by atoms with Crippen molar-refractivity contribution in [2.45, 2.75) is 44.3 Å². The van der Waals surface area contributed by atoms with Crippen molar-refractivity contribution < 1.29 is 20.1 Å². The Labute approximate surface area is 77.2 Å². The van der Waals surface area contributed by atoms with Gasteiger partial charge < -0.3 is 15.3 Å². The monoisotopic (exact) mass is 188 g/mol. The fraction of sp³-hybridized carbons (Fsp3) is 0.889. The van der Waals surface area contributed by atoms with Crippen LogP contribution in [0.4, 0.5) is 0 Å². The summed E-state index contributed by atoms with van der Waals surface area (Å²) in [7, 11) is 0. The molecule has 1 aliphatic carbocycles. The molecule has 0 radical (unpaired) electrons. The third-order valence-corrected chi connectivity index (χ3v) is 3.03. The Morgan fingerprint density at radius 3 is 2.62 bits per heavy atom. The molecule has 0 bridgehead atoms. The molecule has 3 atom stereocenters. The lowest BCUT2D eigenvalue weighted by atomic mass is 9.73. The molecule has 0 aromatic rings. The predicted octanol–water partition coefficient (Wildman–Crippen LogP) is 0.373. The number of carboxylic acids is 1.